The van der Waals surface area contributed by atoms with Gasteiger partial charge in [0.1, 0.15) is 5.65 Å². The minimum Gasteiger partial charge on any atom is -0.306 e. The van der Waals surface area contributed by atoms with Crippen molar-refractivity contribution in [2.24, 2.45) is 7.05 Å². The highest BCUT2D eigenvalue weighted by Crippen LogP contribution is 2.25. The summed E-state index contributed by atoms with van der Waals surface area (Å²) in [6.45, 7) is 0. The van der Waals surface area contributed by atoms with Gasteiger partial charge in [0, 0.05) is 49.2 Å². The van der Waals surface area contributed by atoms with E-state index in [0.29, 0.717) is 23.9 Å². The van der Waals surface area contributed by atoms with Crippen LogP contribution in [0.2, 0.25) is 0 Å². The molecule has 0 fully saturated rings. The van der Waals surface area contributed by atoms with Crippen LogP contribution in [0.4, 0.5) is 0 Å². The fourth-order valence-corrected chi connectivity index (χ4v) is 5.03. The van der Waals surface area contributed by atoms with Crippen molar-refractivity contribution in [3.05, 3.63) is 90.5 Å². The van der Waals surface area contributed by atoms with Crippen molar-refractivity contribution in [3.8, 4) is 0 Å². The molecule has 0 aliphatic rings. The van der Waals surface area contributed by atoms with Crippen molar-refractivity contribution >= 4 is 32.2 Å². The summed E-state index contributed by atoms with van der Waals surface area (Å²) in [5, 5.41) is 5.18. The number of hydrogen-bond acceptors (Lipinski definition) is 5. The zero-order valence-corrected chi connectivity index (χ0v) is 18.2. The molecule has 5 rings (SSSR count). The first-order valence-electron chi connectivity index (χ1n) is 10.1. The molecule has 0 aliphatic heterocycles. The molecular weight excluding hydrogens is 424 g/mol. The van der Waals surface area contributed by atoms with Crippen LogP contribution in [0.1, 0.15) is 22.3 Å². The number of carbonyl (C=O) groups is 1. The van der Waals surface area contributed by atoms with Gasteiger partial charge in [-0.15, -0.1) is 0 Å². The van der Waals surface area contributed by atoms with Gasteiger partial charge in [0.25, 0.3) is 0 Å². The lowest BCUT2D eigenvalue weighted by Crippen LogP contribution is -2.04. The first-order chi connectivity index (χ1) is 15.4. The van der Waals surface area contributed by atoms with Crippen molar-refractivity contribution in [3.63, 3.8) is 0 Å². The molecule has 7 nitrogen and oxygen atoms in total. The Balaban J connectivity index is 1.31. The van der Waals surface area contributed by atoms with Gasteiger partial charge in [-0.25, -0.2) is 13.4 Å². The summed E-state index contributed by atoms with van der Waals surface area (Å²) in [4.78, 5) is 17.2. The second kappa shape index (κ2) is 7.72. The quantitative estimate of drug-likeness (QED) is 0.371. The molecular formula is C24H20N4O3S. The summed E-state index contributed by atoms with van der Waals surface area (Å²) in [6.07, 6.45) is 7.97. The van der Waals surface area contributed by atoms with Crippen molar-refractivity contribution in [2.75, 3.05) is 0 Å². The minimum absolute atomic E-state index is 0.0287. The average molecular weight is 445 g/mol. The van der Waals surface area contributed by atoms with Gasteiger partial charge in [0.2, 0.25) is 9.84 Å². The molecule has 32 heavy (non-hydrogen) atoms. The summed E-state index contributed by atoms with van der Waals surface area (Å²) < 4.78 is 29.5. The average Bonchev–Trinajstić information content (AvgIpc) is 3.41. The first kappa shape index (κ1) is 20.1. The van der Waals surface area contributed by atoms with Gasteiger partial charge in [0.05, 0.1) is 15.3 Å². The highest BCUT2D eigenvalue weighted by atomic mass is 32.2. The summed E-state index contributed by atoms with van der Waals surface area (Å²) in [5.74, 6) is 0.0287. The number of nitrogens with zero attached hydrogens (tertiary/aromatic N) is 4. The third-order valence-corrected chi connectivity index (χ3v) is 7.26. The van der Waals surface area contributed by atoms with Crippen molar-refractivity contribution < 1.29 is 13.2 Å². The Morgan fingerprint density at radius 1 is 0.969 bits per heavy atom. The summed E-state index contributed by atoms with van der Waals surface area (Å²) in [5.41, 5.74) is 2.96. The second-order valence-corrected chi connectivity index (χ2v) is 9.65. The maximum absolute atomic E-state index is 13.0. The number of fused-ring (bicyclic) bond motifs is 2. The Hall–Kier alpha value is -3.78. The Labute approximate surface area is 184 Å². The number of hydrogen-bond donors (Lipinski definition) is 0. The van der Waals surface area contributed by atoms with Gasteiger partial charge in [-0.3, -0.25) is 9.48 Å². The zero-order valence-electron chi connectivity index (χ0n) is 17.3. The van der Waals surface area contributed by atoms with Crippen molar-refractivity contribution in [2.45, 2.75) is 22.6 Å². The van der Waals surface area contributed by atoms with Crippen molar-refractivity contribution in [1.82, 2.24) is 19.2 Å². The van der Waals surface area contributed by atoms with Gasteiger partial charge in [-0.2, -0.15) is 5.10 Å². The Bertz CT molecular complexity index is 1560. The van der Waals surface area contributed by atoms with E-state index in [1.54, 1.807) is 78.9 Å². The summed E-state index contributed by atoms with van der Waals surface area (Å²) >= 11 is 0. The maximum atomic E-state index is 13.0. The predicted octanol–water partition coefficient (Wildman–Crippen LogP) is 3.87. The fourth-order valence-electron chi connectivity index (χ4n) is 3.75. The molecule has 0 unspecified atom stereocenters. The molecule has 5 aromatic rings. The van der Waals surface area contributed by atoms with Gasteiger partial charge >= 0.3 is 0 Å². The molecule has 0 saturated heterocycles. The third-order valence-electron chi connectivity index (χ3n) is 5.49. The van der Waals surface area contributed by atoms with Gasteiger partial charge in [0.15, 0.2) is 5.78 Å². The molecule has 8 heteroatoms. The second-order valence-electron chi connectivity index (χ2n) is 7.70. The number of sulfone groups is 1. The largest absolute Gasteiger partial charge is 0.306 e. The monoisotopic (exact) mass is 444 g/mol. The molecule has 160 valence electrons. The molecule has 0 amide bonds. The standard InChI is InChI=1S/C24H20N4O3S/c1-27-15-18-5-9-21(14-22(18)26-27)32(30,31)20-7-2-17(3-8-20)4-10-23(29)19-6-11-24-25-12-13-28(24)16-19/h2-3,5-9,11-16H,4,10H2,1H3. The van der Waals surface area contributed by atoms with Crippen LogP contribution < -0.4 is 0 Å². The van der Waals surface area contributed by atoms with E-state index in [-0.39, 0.29) is 15.6 Å². The topological polar surface area (TPSA) is 86.3 Å². The lowest BCUT2D eigenvalue weighted by atomic mass is 10.0. The van der Waals surface area contributed by atoms with Crippen LogP contribution in [-0.4, -0.2) is 33.4 Å². The molecule has 3 aromatic heterocycles. The van der Waals surface area contributed by atoms with E-state index in [2.05, 4.69) is 10.1 Å². The molecule has 0 saturated carbocycles. The Kier molecular flexibility index (Phi) is 4.86. The SMILES string of the molecule is Cn1cc2ccc(S(=O)(=O)c3ccc(CCC(=O)c4ccc5nccn5c4)cc3)cc2n1. The highest BCUT2D eigenvalue weighted by Gasteiger charge is 2.19. The molecule has 0 bridgehead atoms. The van der Waals surface area contributed by atoms with Crippen LogP contribution in [-0.2, 0) is 23.3 Å². The number of carbonyl (C=O) groups excluding carboxylic acids is 1. The number of Topliss-reactive ketones (excluding diaryl/α,β-unsaturated/α-hetero) is 1. The fraction of sp³-hybridized carbons (Fsp3) is 0.125. The van der Waals surface area contributed by atoms with E-state index in [0.717, 1.165) is 16.6 Å². The first-order valence-corrected chi connectivity index (χ1v) is 11.6. The smallest absolute Gasteiger partial charge is 0.206 e. The van der Waals surface area contributed by atoms with Crippen LogP contribution in [0.15, 0.2) is 89.2 Å². The van der Waals surface area contributed by atoms with Gasteiger partial charge < -0.3 is 4.40 Å². The van der Waals surface area contributed by atoms with Crippen LogP contribution >= 0.6 is 0 Å². The van der Waals surface area contributed by atoms with E-state index in [1.165, 1.54) is 0 Å². The summed E-state index contributed by atoms with van der Waals surface area (Å²) in [7, 11) is -1.85. The number of aryl methyl sites for hydroxylation is 2. The number of rotatable bonds is 6. The molecule has 0 spiro atoms. The molecule has 0 radical (unpaired) electrons. The number of aromatic nitrogens is 4. The van der Waals surface area contributed by atoms with Crippen LogP contribution in [0.5, 0.6) is 0 Å². The molecule has 0 atom stereocenters. The van der Waals surface area contributed by atoms with Crippen LogP contribution in [0, 0.1) is 0 Å². The number of pyridine rings is 1. The normalized spacial score (nSPS) is 11.9. The van der Waals surface area contributed by atoms with E-state index >= 15 is 0 Å². The zero-order chi connectivity index (χ0) is 22.3. The maximum Gasteiger partial charge on any atom is 0.206 e. The van der Waals surface area contributed by atoms with E-state index in [1.807, 2.05) is 16.7 Å². The Morgan fingerprint density at radius 3 is 2.56 bits per heavy atom. The van der Waals surface area contributed by atoms with Gasteiger partial charge in [-0.1, -0.05) is 12.1 Å². The number of imidazole rings is 1. The lowest BCUT2D eigenvalue weighted by Gasteiger charge is -2.07. The summed E-state index contributed by atoms with van der Waals surface area (Å²) in [6, 6.07) is 15.3. The van der Waals surface area contributed by atoms with E-state index in [9.17, 15) is 13.2 Å². The van der Waals surface area contributed by atoms with Crippen LogP contribution in [0.25, 0.3) is 16.6 Å². The molecule has 0 aliphatic carbocycles. The highest BCUT2D eigenvalue weighted by molar-refractivity contribution is 7.91. The number of benzene rings is 2. The lowest BCUT2D eigenvalue weighted by molar-refractivity contribution is 0.0982. The minimum atomic E-state index is -3.65. The number of ketones is 1. The van der Waals surface area contributed by atoms with Crippen molar-refractivity contribution in [1.29, 1.82) is 0 Å². The van der Waals surface area contributed by atoms with Crippen LogP contribution in [0.3, 0.4) is 0 Å². The Morgan fingerprint density at radius 2 is 1.75 bits per heavy atom. The molecule has 2 aromatic carbocycles. The molecule has 3 heterocycles. The third kappa shape index (κ3) is 3.69. The van der Waals surface area contributed by atoms with E-state index in [4.69, 9.17) is 0 Å². The van der Waals surface area contributed by atoms with E-state index < -0.39 is 9.84 Å². The molecule has 0 N–H and O–H groups in total. The van der Waals surface area contributed by atoms with Gasteiger partial charge in [-0.05, 0) is 54.4 Å². The predicted molar refractivity (Wildman–Crippen MR) is 120 cm³/mol.